The average Bonchev–Trinajstić information content (AvgIpc) is 2.83. The number of nitrogens with two attached hydrogens (primary N) is 1. The van der Waals surface area contributed by atoms with Crippen LogP contribution in [0.2, 0.25) is 0 Å². The number of aromatic nitrogens is 4. The van der Waals surface area contributed by atoms with Gasteiger partial charge in [-0.2, -0.15) is 0 Å². The quantitative estimate of drug-likeness (QED) is 0.810. The lowest BCUT2D eigenvalue weighted by Crippen LogP contribution is -2.20. The highest BCUT2D eigenvalue weighted by molar-refractivity contribution is 4.90. The van der Waals surface area contributed by atoms with Gasteiger partial charge in [-0.15, -0.1) is 5.10 Å². The second kappa shape index (κ2) is 4.26. The first kappa shape index (κ1) is 10.5. The second-order valence-electron chi connectivity index (χ2n) is 4.42. The lowest BCUT2D eigenvalue weighted by Gasteiger charge is -2.20. The summed E-state index contributed by atoms with van der Waals surface area (Å²) in [7, 11) is 0. The molecule has 0 aromatic carbocycles. The van der Waals surface area contributed by atoms with Crippen molar-refractivity contribution in [2.24, 2.45) is 17.6 Å². The molecule has 1 aliphatic carbocycles. The van der Waals surface area contributed by atoms with Gasteiger partial charge in [0.05, 0.1) is 12.6 Å². The summed E-state index contributed by atoms with van der Waals surface area (Å²) in [6.45, 7) is 4.98. The molecule has 1 saturated carbocycles. The lowest BCUT2D eigenvalue weighted by atomic mass is 9.93. The first-order valence-corrected chi connectivity index (χ1v) is 5.74. The van der Waals surface area contributed by atoms with Gasteiger partial charge in [-0.3, -0.25) is 0 Å². The van der Waals surface area contributed by atoms with Crippen LogP contribution < -0.4 is 5.73 Å². The van der Waals surface area contributed by atoms with Crippen molar-refractivity contribution in [3.05, 3.63) is 5.82 Å². The van der Waals surface area contributed by atoms with E-state index in [1.165, 1.54) is 19.3 Å². The van der Waals surface area contributed by atoms with Crippen LogP contribution in [0.15, 0.2) is 0 Å². The van der Waals surface area contributed by atoms with Crippen molar-refractivity contribution in [2.75, 3.05) is 0 Å². The Bertz CT molecular complexity index is 321. The molecule has 2 rings (SSSR count). The molecule has 1 aromatic rings. The maximum atomic E-state index is 5.61. The summed E-state index contributed by atoms with van der Waals surface area (Å²) in [6.07, 6.45) is 3.71. The van der Waals surface area contributed by atoms with Gasteiger partial charge in [0.1, 0.15) is 0 Å². The summed E-state index contributed by atoms with van der Waals surface area (Å²) in [5, 5.41) is 11.7. The van der Waals surface area contributed by atoms with E-state index < -0.39 is 0 Å². The maximum absolute atomic E-state index is 5.61. The highest BCUT2D eigenvalue weighted by Gasteiger charge is 2.34. The molecule has 0 amide bonds. The molecule has 5 nitrogen and oxygen atoms in total. The minimum atomic E-state index is 0.424. The van der Waals surface area contributed by atoms with Crippen LogP contribution in [0.4, 0.5) is 0 Å². The molecule has 1 fully saturated rings. The Hall–Kier alpha value is -0.970. The van der Waals surface area contributed by atoms with Crippen molar-refractivity contribution in [1.82, 2.24) is 20.2 Å². The Morgan fingerprint density at radius 2 is 2.27 bits per heavy atom. The number of tetrazole rings is 1. The molecule has 0 radical (unpaired) electrons. The standard InChI is InChI=1S/C10H19N5/c1-3-8-4-5-9(7(8)2)15-10(6-11)12-13-14-15/h7-9H,3-6,11H2,1-2H3. The molecule has 2 N–H and O–H groups in total. The Morgan fingerprint density at radius 3 is 2.87 bits per heavy atom. The van der Waals surface area contributed by atoms with Gasteiger partial charge >= 0.3 is 0 Å². The van der Waals surface area contributed by atoms with E-state index in [-0.39, 0.29) is 0 Å². The molecule has 1 aliphatic rings. The lowest BCUT2D eigenvalue weighted by molar-refractivity contribution is 0.302. The van der Waals surface area contributed by atoms with Gasteiger partial charge in [0.25, 0.3) is 0 Å². The van der Waals surface area contributed by atoms with Crippen LogP contribution in [0.25, 0.3) is 0 Å². The summed E-state index contributed by atoms with van der Waals surface area (Å²) in [4.78, 5) is 0. The van der Waals surface area contributed by atoms with Crippen LogP contribution in [0, 0.1) is 11.8 Å². The largest absolute Gasteiger partial charge is 0.324 e. The number of hydrogen-bond acceptors (Lipinski definition) is 4. The summed E-state index contributed by atoms with van der Waals surface area (Å²) >= 11 is 0. The minimum absolute atomic E-state index is 0.424. The predicted molar refractivity (Wildman–Crippen MR) is 56.9 cm³/mol. The van der Waals surface area contributed by atoms with Crippen molar-refractivity contribution in [1.29, 1.82) is 0 Å². The van der Waals surface area contributed by atoms with Crippen LogP contribution in [0.1, 0.15) is 45.0 Å². The van der Waals surface area contributed by atoms with E-state index in [4.69, 9.17) is 5.73 Å². The smallest absolute Gasteiger partial charge is 0.165 e. The van der Waals surface area contributed by atoms with Crippen molar-refractivity contribution >= 4 is 0 Å². The number of nitrogens with zero attached hydrogens (tertiary/aromatic N) is 4. The summed E-state index contributed by atoms with van der Waals surface area (Å²) in [5.74, 6) is 2.28. The molecule has 15 heavy (non-hydrogen) atoms. The second-order valence-corrected chi connectivity index (χ2v) is 4.42. The van der Waals surface area contributed by atoms with Crippen LogP contribution in [-0.4, -0.2) is 20.2 Å². The van der Waals surface area contributed by atoms with Crippen molar-refractivity contribution in [3.63, 3.8) is 0 Å². The monoisotopic (exact) mass is 209 g/mol. The third-order valence-corrected chi connectivity index (χ3v) is 3.77. The fourth-order valence-corrected chi connectivity index (χ4v) is 2.75. The van der Waals surface area contributed by atoms with E-state index in [0.29, 0.717) is 18.5 Å². The Labute approximate surface area is 90.0 Å². The summed E-state index contributed by atoms with van der Waals surface area (Å²) in [5.41, 5.74) is 5.61. The molecule has 0 bridgehead atoms. The molecule has 0 saturated heterocycles. The molecule has 5 heteroatoms. The van der Waals surface area contributed by atoms with E-state index in [1.54, 1.807) is 0 Å². The molecule has 3 atom stereocenters. The van der Waals surface area contributed by atoms with E-state index in [1.807, 2.05) is 4.68 Å². The van der Waals surface area contributed by atoms with E-state index in [9.17, 15) is 0 Å². The van der Waals surface area contributed by atoms with Gasteiger partial charge in [0, 0.05) is 0 Å². The minimum Gasteiger partial charge on any atom is -0.324 e. The number of rotatable bonds is 3. The first-order chi connectivity index (χ1) is 7.27. The van der Waals surface area contributed by atoms with E-state index in [0.717, 1.165) is 11.7 Å². The van der Waals surface area contributed by atoms with Crippen LogP contribution in [-0.2, 0) is 6.54 Å². The molecule has 0 spiro atoms. The van der Waals surface area contributed by atoms with Gasteiger partial charge < -0.3 is 5.73 Å². The SMILES string of the molecule is CCC1CCC(n2nnnc2CN)C1C. The van der Waals surface area contributed by atoms with E-state index in [2.05, 4.69) is 29.4 Å². The summed E-state index contributed by atoms with van der Waals surface area (Å²) < 4.78 is 1.93. The highest BCUT2D eigenvalue weighted by Crippen LogP contribution is 2.41. The van der Waals surface area contributed by atoms with Gasteiger partial charge in [-0.05, 0) is 35.1 Å². The molecule has 3 unspecified atom stereocenters. The van der Waals surface area contributed by atoms with Gasteiger partial charge in [-0.25, -0.2) is 4.68 Å². The third-order valence-electron chi connectivity index (χ3n) is 3.77. The van der Waals surface area contributed by atoms with Gasteiger partial charge in [0.2, 0.25) is 0 Å². The van der Waals surface area contributed by atoms with Crippen molar-refractivity contribution in [3.8, 4) is 0 Å². The average molecular weight is 209 g/mol. The first-order valence-electron chi connectivity index (χ1n) is 5.74. The normalized spacial score (nSPS) is 31.0. The summed E-state index contributed by atoms with van der Waals surface area (Å²) in [6, 6.07) is 0.448. The molecule has 84 valence electrons. The Morgan fingerprint density at radius 1 is 1.47 bits per heavy atom. The third kappa shape index (κ3) is 1.76. The molecule has 1 aromatic heterocycles. The van der Waals surface area contributed by atoms with Crippen molar-refractivity contribution in [2.45, 2.75) is 45.7 Å². The van der Waals surface area contributed by atoms with Crippen LogP contribution in [0.3, 0.4) is 0 Å². The molecule has 0 aliphatic heterocycles. The zero-order chi connectivity index (χ0) is 10.8. The van der Waals surface area contributed by atoms with Gasteiger partial charge in [-0.1, -0.05) is 20.3 Å². The fourth-order valence-electron chi connectivity index (χ4n) is 2.75. The zero-order valence-corrected chi connectivity index (χ0v) is 9.43. The van der Waals surface area contributed by atoms with Crippen LogP contribution >= 0.6 is 0 Å². The fraction of sp³-hybridized carbons (Fsp3) is 0.900. The Kier molecular flexibility index (Phi) is 3.00. The Balaban J connectivity index is 2.18. The highest BCUT2D eigenvalue weighted by atomic mass is 15.6. The maximum Gasteiger partial charge on any atom is 0.165 e. The topological polar surface area (TPSA) is 69.6 Å². The van der Waals surface area contributed by atoms with Crippen LogP contribution in [0.5, 0.6) is 0 Å². The molecule has 1 heterocycles. The number of hydrogen-bond donors (Lipinski definition) is 1. The zero-order valence-electron chi connectivity index (χ0n) is 9.43. The van der Waals surface area contributed by atoms with Crippen molar-refractivity contribution < 1.29 is 0 Å². The predicted octanol–water partition coefficient (Wildman–Crippen LogP) is 1.13. The van der Waals surface area contributed by atoms with Gasteiger partial charge in [0.15, 0.2) is 5.82 Å². The molecular formula is C10H19N5. The molecular weight excluding hydrogens is 190 g/mol. The van der Waals surface area contributed by atoms with E-state index >= 15 is 0 Å².